The number of fused-ring (bicyclic) bond motifs is 1. The summed E-state index contributed by atoms with van der Waals surface area (Å²) < 4.78 is 32.0. The van der Waals surface area contributed by atoms with Crippen LogP contribution in [-0.2, 0) is 21.9 Å². The third kappa shape index (κ3) is 5.55. The van der Waals surface area contributed by atoms with Gasteiger partial charge in [0.1, 0.15) is 12.4 Å². The van der Waals surface area contributed by atoms with Crippen molar-refractivity contribution < 1.29 is 24.8 Å². The Morgan fingerprint density at radius 1 is 1.20 bits per heavy atom. The SMILES string of the molecule is CCCS(=O)(=O)NCCOc1ccc2c(c1)C(C(C)(C)c1ccc([ClH+])cc1)NCC2. The smallest absolute Gasteiger partial charge is 0.225 e. The van der Waals surface area contributed by atoms with Crippen molar-refractivity contribution in [3.05, 3.63) is 64.2 Å². The second-order valence-corrected chi connectivity index (χ2v) is 10.7. The number of nitrogens with one attached hydrogen (secondary N) is 2. The minimum atomic E-state index is -3.21. The fraction of sp³-hybridized carbons (Fsp3) is 0.478. The molecule has 1 atom stereocenters. The number of hydrogen-bond acceptors (Lipinski definition) is 4. The Balaban J connectivity index is 1.74. The van der Waals surface area contributed by atoms with Crippen LogP contribution in [0.1, 0.15) is 49.9 Å². The van der Waals surface area contributed by atoms with Crippen LogP contribution in [0, 0.1) is 11.6 Å². The Morgan fingerprint density at radius 3 is 2.63 bits per heavy atom. The van der Waals surface area contributed by atoms with E-state index in [0.717, 1.165) is 23.7 Å². The van der Waals surface area contributed by atoms with Crippen LogP contribution in [-0.4, -0.2) is 33.9 Å². The van der Waals surface area contributed by atoms with Crippen LogP contribution in [0.4, 0.5) is 0 Å². The lowest BCUT2D eigenvalue weighted by atomic mass is 9.72. The van der Waals surface area contributed by atoms with E-state index in [-0.39, 0.29) is 23.8 Å². The molecule has 30 heavy (non-hydrogen) atoms. The number of ether oxygens (including phenoxy) is 1. The average molecular weight is 452 g/mol. The maximum absolute atomic E-state index is 11.8. The molecule has 0 fully saturated rings. The van der Waals surface area contributed by atoms with Gasteiger partial charge in [-0.25, -0.2) is 13.1 Å². The second kappa shape index (κ2) is 9.69. The number of rotatable bonds is 9. The molecule has 1 unspecified atom stereocenters. The van der Waals surface area contributed by atoms with Crippen LogP contribution in [0.15, 0.2) is 42.5 Å². The highest BCUT2D eigenvalue weighted by Crippen LogP contribution is 2.41. The van der Waals surface area contributed by atoms with E-state index in [9.17, 15) is 8.42 Å². The number of halogens is 1. The van der Waals surface area contributed by atoms with Crippen LogP contribution in [0.5, 0.6) is 5.75 Å². The van der Waals surface area contributed by atoms with Crippen LogP contribution < -0.4 is 14.8 Å². The maximum Gasteiger partial charge on any atom is 0.225 e. The Labute approximate surface area is 185 Å². The summed E-state index contributed by atoms with van der Waals surface area (Å²) >= 11 is 5.24. The summed E-state index contributed by atoms with van der Waals surface area (Å²) in [5.41, 5.74) is 3.66. The summed E-state index contributed by atoms with van der Waals surface area (Å²) in [7, 11) is -3.21. The van der Waals surface area contributed by atoms with E-state index in [1.807, 2.05) is 25.1 Å². The van der Waals surface area contributed by atoms with Gasteiger partial charge in [0.2, 0.25) is 15.0 Å². The molecule has 0 aliphatic carbocycles. The molecule has 0 saturated carbocycles. The molecule has 1 aliphatic heterocycles. The van der Waals surface area contributed by atoms with Crippen LogP contribution >= 0.6 is 0 Å². The van der Waals surface area contributed by atoms with E-state index in [1.165, 1.54) is 16.7 Å². The fourth-order valence-corrected chi connectivity index (χ4v) is 5.23. The molecular weight excluding hydrogens is 420 g/mol. The summed E-state index contributed by atoms with van der Waals surface area (Å²) in [6, 6.07) is 14.5. The monoisotopic (exact) mass is 451 g/mol. The number of benzene rings is 2. The van der Waals surface area contributed by atoms with Crippen molar-refractivity contribution >= 4 is 10.0 Å². The fourth-order valence-electron chi connectivity index (χ4n) is 4.02. The van der Waals surface area contributed by atoms with E-state index in [2.05, 4.69) is 48.2 Å². The first kappa shape index (κ1) is 23.1. The van der Waals surface area contributed by atoms with Gasteiger partial charge in [-0.1, -0.05) is 39.0 Å². The van der Waals surface area contributed by atoms with Gasteiger partial charge in [0.15, 0.2) is 11.6 Å². The van der Waals surface area contributed by atoms with Gasteiger partial charge >= 0.3 is 0 Å². The Bertz CT molecular complexity index is 959. The molecular formula is C23H32ClN2O3S+. The van der Waals surface area contributed by atoms with Gasteiger partial charge in [0.25, 0.3) is 0 Å². The lowest BCUT2D eigenvalue weighted by Gasteiger charge is -2.39. The van der Waals surface area contributed by atoms with Crippen LogP contribution in [0.2, 0.25) is 5.02 Å². The highest BCUT2D eigenvalue weighted by atomic mass is 35.5. The molecule has 5 nitrogen and oxygen atoms in total. The zero-order chi connectivity index (χ0) is 21.8. The molecule has 0 bridgehead atoms. The lowest BCUT2D eigenvalue weighted by Crippen LogP contribution is -2.41. The van der Waals surface area contributed by atoms with Gasteiger partial charge in [-0.3, -0.25) is 0 Å². The van der Waals surface area contributed by atoms with Crippen molar-refractivity contribution in [3.8, 4) is 5.75 Å². The van der Waals surface area contributed by atoms with Crippen molar-refractivity contribution in [2.45, 2.75) is 45.1 Å². The Morgan fingerprint density at radius 2 is 1.93 bits per heavy atom. The quantitative estimate of drug-likeness (QED) is 0.574. The molecule has 0 aromatic heterocycles. The van der Waals surface area contributed by atoms with Gasteiger partial charge in [-0.05, 0) is 48.2 Å². The summed E-state index contributed by atoms with van der Waals surface area (Å²) in [4.78, 5) is 0. The highest BCUT2D eigenvalue weighted by Gasteiger charge is 2.35. The molecule has 1 aliphatic rings. The van der Waals surface area contributed by atoms with Crippen molar-refractivity contribution in [2.75, 3.05) is 25.4 Å². The third-order valence-corrected chi connectivity index (χ3v) is 7.52. The van der Waals surface area contributed by atoms with Gasteiger partial charge in [-0.15, -0.1) is 0 Å². The maximum atomic E-state index is 11.8. The number of hydrogen-bond donors (Lipinski definition) is 2. The lowest BCUT2D eigenvalue weighted by molar-refractivity contribution is -0.288. The number of sulfonamides is 1. The zero-order valence-corrected chi connectivity index (χ0v) is 19.5. The Kier molecular flexibility index (Phi) is 7.45. The predicted octanol–water partition coefficient (Wildman–Crippen LogP) is 3.26. The first-order valence-electron chi connectivity index (χ1n) is 10.5. The molecule has 1 heterocycles. The van der Waals surface area contributed by atoms with E-state index < -0.39 is 10.0 Å². The van der Waals surface area contributed by atoms with E-state index in [4.69, 9.17) is 16.3 Å². The largest absolute Gasteiger partial charge is 0.492 e. The van der Waals surface area contributed by atoms with Crippen molar-refractivity contribution in [1.82, 2.24) is 10.0 Å². The highest BCUT2D eigenvalue weighted by molar-refractivity contribution is 7.89. The van der Waals surface area contributed by atoms with Crippen LogP contribution in [0.25, 0.3) is 0 Å². The average Bonchev–Trinajstić information content (AvgIpc) is 2.71. The van der Waals surface area contributed by atoms with Gasteiger partial charge in [-0.2, -0.15) is 0 Å². The van der Waals surface area contributed by atoms with Crippen molar-refractivity contribution in [3.63, 3.8) is 0 Å². The van der Waals surface area contributed by atoms with E-state index in [1.54, 1.807) is 0 Å². The molecule has 164 valence electrons. The second-order valence-electron chi connectivity index (χ2n) is 8.31. The zero-order valence-electron chi connectivity index (χ0n) is 17.9. The van der Waals surface area contributed by atoms with E-state index >= 15 is 0 Å². The molecule has 0 saturated heterocycles. The van der Waals surface area contributed by atoms with Gasteiger partial charge in [0, 0.05) is 30.1 Å². The minimum absolute atomic E-state index is 0.132. The molecule has 2 aromatic rings. The van der Waals surface area contributed by atoms with Gasteiger partial charge in [0.05, 0.1) is 5.75 Å². The molecule has 0 spiro atoms. The Hall–Kier alpha value is -1.60. The molecule has 7 heteroatoms. The summed E-state index contributed by atoms with van der Waals surface area (Å²) in [6.45, 7) is 7.83. The molecule has 0 amide bonds. The van der Waals surface area contributed by atoms with Gasteiger partial charge < -0.3 is 10.1 Å². The summed E-state index contributed by atoms with van der Waals surface area (Å²) in [5.74, 6) is 0.898. The van der Waals surface area contributed by atoms with Crippen molar-refractivity contribution in [2.24, 2.45) is 0 Å². The molecule has 0 radical (unpaired) electrons. The predicted molar refractivity (Wildman–Crippen MR) is 118 cm³/mol. The van der Waals surface area contributed by atoms with E-state index in [0.29, 0.717) is 13.0 Å². The minimum Gasteiger partial charge on any atom is -0.492 e. The topological polar surface area (TPSA) is 67.4 Å². The summed E-state index contributed by atoms with van der Waals surface area (Å²) in [5, 5.41) is 4.53. The molecule has 2 N–H and O–H groups in total. The molecule has 3 rings (SSSR count). The summed E-state index contributed by atoms with van der Waals surface area (Å²) in [6.07, 6.45) is 1.57. The first-order chi connectivity index (χ1) is 14.2. The first-order valence-corrected chi connectivity index (χ1v) is 12.5. The third-order valence-electron chi connectivity index (χ3n) is 5.66. The van der Waals surface area contributed by atoms with Crippen LogP contribution in [0.3, 0.4) is 0 Å². The van der Waals surface area contributed by atoms with Crippen molar-refractivity contribution in [1.29, 1.82) is 0 Å². The standard InChI is InChI=1S/C23H32ClN2O3S/c1-4-15-30(27,28)26-13-14-29-20-10-5-17-11-12-25-22(21(17)16-20)23(2,3)18-6-8-19(24)9-7-18/h5-10,16,22,24-26H,4,11-15H2,1-3H3/q+1. The normalized spacial score (nSPS) is 16.9. The molecule has 2 aromatic carbocycles.